The van der Waals surface area contributed by atoms with E-state index in [0.29, 0.717) is 0 Å². The summed E-state index contributed by atoms with van der Waals surface area (Å²) < 4.78 is 0. The van der Waals surface area contributed by atoms with Gasteiger partial charge in [-0.25, -0.2) is 4.98 Å². The summed E-state index contributed by atoms with van der Waals surface area (Å²) in [5.41, 5.74) is 19.5. The molecule has 11 rings (SSSR count). The molecule has 1 aromatic heterocycles. The summed E-state index contributed by atoms with van der Waals surface area (Å²) in [6, 6.07) is 78.5. The van der Waals surface area contributed by atoms with Crippen LogP contribution in [-0.2, 0) is 0 Å². The second kappa shape index (κ2) is 15.4. The van der Waals surface area contributed by atoms with Gasteiger partial charge in [-0.1, -0.05) is 200 Å². The number of hydrogen-bond acceptors (Lipinski definition) is 2. The Labute approximate surface area is 354 Å². The van der Waals surface area contributed by atoms with Crippen molar-refractivity contribution >= 4 is 44.3 Å². The maximum absolute atomic E-state index is 5.29. The lowest BCUT2D eigenvalue weighted by molar-refractivity contribution is 1.32. The van der Waals surface area contributed by atoms with Crippen molar-refractivity contribution in [3.05, 3.63) is 235 Å². The van der Waals surface area contributed by atoms with Gasteiger partial charge in [0.05, 0.1) is 16.3 Å². The molecule has 1 nitrogen and oxygen atoms in total. The second-order valence-corrected chi connectivity index (χ2v) is 16.2. The number of thioether (sulfide) groups is 1. The Morgan fingerprint density at radius 1 is 0.350 bits per heavy atom. The van der Waals surface area contributed by atoms with Crippen molar-refractivity contribution < 1.29 is 0 Å². The minimum Gasteiger partial charge on any atom is -0.248 e. The van der Waals surface area contributed by atoms with E-state index < -0.39 is 0 Å². The highest BCUT2D eigenvalue weighted by Crippen LogP contribution is 2.47. The van der Waals surface area contributed by atoms with E-state index in [2.05, 4.69) is 230 Å². The number of hydrogen-bond donors (Lipinski definition) is 0. The Morgan fingerprint density at radius 2 is 0.900 bits per heavy atom. The summed E-state index contributed by atoms with van der Waals surface area (Å²) in [6.45, 7) is 0. The number of rotatable bonds is 7. The summed E-state index contributed by atoms with van der Waals surface area (Å²) >= 11 is 1.81. The molecule has 1 aliphatic heterocycles. The van der Waals surface area contributed by atoms with Crippen molar-refractivity contribution in [3.8, 4) is 67.0 Å². The lowest BCUT2D eigenvalue weighted by atomic mass is 9.87. The van der Waals surface area contributed by atoms with Gasteiger partial charge in [0.25, 0.3) is 0 Å². The lowest BCUT2D eigenvalue weighted by Gasteiger charge is -2.19. The summed E-state index contributed by atoms with van der Waals surface area (Å²) in [5, 5.41) is 4.93. The molecule has 9 aromatic carbocycles. The fourth-order valence-electron chi connectivity index (χ4n) is 8.58. The molecule has 0 unspecified atom stereocenters. The fourth-order valence-corrected chi connectivity index (χ4v) is 9.68. The molecular weight excluding hydrogens is 743 g/mol. The van der Waals surface area contributed by atoms with Crippen LogP contribution in [0.25, 0.3) is 99.5 Å². The van der Waals surface area contributed by atoms with Crippen LogP contribution in [-0.4, -0.2) is 4.98 Å². The molecule has 0 amide bonds. The summed E-state index contributed by atoms with van der Waals surface area (Å²) in [4.78, 5) is 7.71. The van der Waals surface area contributed by atoms with E-state index >= 15 is 0 Å². The zero-order valence-electron chi connectivity index (χ0n) is 32.7. The lowest BCUT2D eigenvalue weighted by Crippen LogP contribution is -1.93. The minimum absolute atomic E-state index is 0.943. The van der Waals surface area contributed by atoms with Crippen LogP contribution in [0, 0.1) is 0 Å². The molecule has 60 heavy (non-hydrogen) atoms. The van der Waals surface area contributed by atoms with E-state index in [1.807, 2.05) is 11.8 Å². The zero-order valence-corrected chi connectivity index (χ0v) is 33.5. The standard InChI is InChI=1S/C58H37NS/c1-4-16-39(17-5-1)48-37-54(41-19-6-2-7-20-41)59-55(38-48)45-25-15-26-46(35-45)57-49-27-11-10-18-40(49)30-32-50(57)43-23-14-24-44(34-43)53-36-47-31-33-56(42-21-8-3-9-22-42)60-58(47)52-29-13-12-28-51(52)53/h1-32,34-38H. The smallest absolute Gasteiger partial charge is 0.0715 e. The molecule has 2 heteroatoms. The van der Waals surface area contributed by atoms with Gasteiger partial charge in [-0.15, -0.1) is 5.73 Å². The average Bonchev–Trinajstić information content (AvgIpc) is 3.34. The van der Waals surface area contributed by atoms with E-state index in [0.717, 1.165) is 38.5 Å². The van der Waals surface area contributed by atoms with E-state index in [1.165, 1.54) is 70.9 Å². The third kappa shape index (κ3) is 6.65. The summed E-state index contributed by atoms with van der Waals surface area (Å²) in [7, 11) is 0. The number of aromatic nitrogens is 1. The van der Waals surface area contributed by atoms with Crippen LogP contribution in [0.2, 0.25) is 0 Å². The van der Waals surface area contributed by atoms with Crippen LogP contribution < -0.4 is 0 Å². The molecule has 0 saturated carbocycles. The van der Waals surface area contributed by atoms with Gasteiger partial charge in [0.15, 0.2) is 0 Å². The van der Waals surface area contributed by atoms with E-state index in [4.69, 9.17) is 4.98 Å². The van der Waals surface area contributed by atoms with Gasteiger partial charge in [0, 0.05) is 16.0 Å². The van der Waals surface area contributed by atoms with Crippen molar-refractivity contribution in [1.29, 1.82) is 0 Å². The van der Waals surface area contributed by atoms with Crippen LogP contribution in [0.4, 0.5) is 0 Å². The maximum Gasteiger partial charge on any atom is 0.0715 e. The number of fused-ring (bicyclic) bond motifs is 4. The zero-order chi connectivity index (χ0) is 39.8. The maximum atomic E-state index is 5.29. The van der Waals surface area contributed by atoms with Crippen molar-refractivity contribution in [3.63, 3.8) is 0 Å². The quantitative estimate of drug-likeness (QED) is 0.149. The molecule has 0 atom stereocenters. The molecule has 280 valence electrons. The molecule has 10 aromatic rings. The largest absolute Gasteiger partial charge is 0.248 e. The van der Waals surface area contributed by atoms with E-state index in [9.17, 15) is 0 Å². The molecule has 0 spiro atoms. The highest BCUT2D eigenvalue weighted by Gasteiger charge is 2.19. The van der Waals surface area contributed by atoms with Crippen LogP contribution in [0.5, 0.6) is 0 Å². The van der Waals surface area contributed by atoms with Crippen molar-refractivity contribution in [2.75, 3.05) is 0 Å². The van der Waals surface area contributed by atoms with Crippen molar-refractivity contribution in [1.82, 2.24) is 4.98 Å². The van der Waals surface area contributed by atoms with Crippen LogP contribution in [0.1, 0.15) is 11.1 Å². The Bertz CT molecular complexity index is 3250. The molecule has 0 saturated heterocycles. The third-order valence-corrected chi connectivity index (χ3v) is 12.7. The summed E-state index contributed by atoms with van der Waals surface area (Å²) in [5.74, 6) is 0. The van der Waals surface area contributed by atoms with Crippen LogP contribution in [0.3, 0.4) is 0 Å². The first-order valence-corrected chi connectivity index (χ1v) is 21.2. The molecule has 0 fully saturated rings. The molecule has 2 heterocycles. The van der Waals surface area contributed by atoms with Crippen molar-refractivity contribution in [2.24, 2.45) is 0 Å². The van der Waals surface area contributed by atoms with Gasteiger partial charge in [0.1, 0.15) is 0 Å². The van der Waals surface area contributed by atoms with Gasteiger partial charge < -0.3 is 0 Å². The van der Waals surface area contributed by atoms with Gasteiger partial charge in [-0.3, -0.25) is 0 Å². The first-order valence-electron chi connectivity index (χ1n) is 20.4. The number of pyridine rings is 1. The molecule has 1 aliphatic rings. The molecule has 0 N–H and O–H groups in total. The van der Waals surface area contributed by atoms with Crippen LogP contribution in [0.15, 0.2) is 229 Å². The average molecular weight is 780 g/mol. The van der Waals surface area contributed by atoms with Gasteiger partial charge in [-0.05, 0) is 114 Å². The SMILES string of the molecule is C1=Cc2cc(-c3cccc(-c4ccc5ccccc5c4-c4cccc(-c5cc(-c6ccccc6)cc(-c6ccccc6)n5)c4)c3)c3ccccc3c2SC=1c1ccccc1. The number of nitrogens with zero attached hydrogens (tertiary/aromatic N) is 1. The predicted octanol–water partition coefficient (Wildman–Crippen LogP) is 16.1. The highest BCUT2D eigenvalue weighted by atomic mass is 32.2. The molecule has 0 bridgehead atoms. The molecular formula is C58H37NS. The fraction of sp³-hybridized carbons (Fsp3) is 0. The predicted molar refractivity (Wildman–Crippen MR) is 256 cm³/mol. The minimum atomic E-state index is 0.943. The summed E-state index contributed by atoms with van der Waals surface area (Å²) in [6.07, 6.45) is 2.16. The van der Waals surface area contributed by atoms with Crippen molar-refractivity contribution in [2.45, 2.75) is 4.90 Å². The molecule has 0 radical (unpaired) electrons. The van der Waals surface area contributed by atoms with Crippen LogP contribution >= 0.6 is 11.8 Å². The van der Waals surface area contributed by atoms with E-state index in [-0.39, 0.29) is 0 Å². The van der Waals surface area contributed by atoms with Gasteiger partial charge >= 0.3 is 0 Å². The Balaban J connectivity index is 1.05. The third-order valence-electron chi connectivity index (χ3n) is 11.5. The Kier molecular flexibility index (Phi) is 9.13. The number of benzene rings is 9. The Morgan fingerprint density at radius 3 is 1.65 bits per heavy atom. The first kappa shape index (κ1) is 35.7. The topological polar surface area (TPSA) is 12.9 Å². The van der Waals surface area contributed by atoms with Gasteiger partial charge in [-0.2, -0.15) is 0 Å². The van der Waals surface area contributed by atoms with E-state index in [1.54, 1.807) is 0 Å². The molecule has 0 aliphatic carbocycles. The normalized spacial score (nSPS) is 12.0. The monoisotopic (exact) mass is 779 g/mol. The first-order chi connectivity index (χ1) is 29.7. The second-order valence-electron chi connectivity index (χ2n) is 15.2. The highest BCUT2D eigenvalue weighted by molar-refractivity contribution is 8.08. The Hall–Kier alpha value is -7.48. The van der Waals surface area contributed by atoms with Gasteiger partial charge in [0.2, 0.25) is 0 Å².